The Kier molecular flexibility index (Phi) is 5.61. The lowest BCUT2D eigenvalue weighted by Gasteiger charge is -2.22. The van der Waals surface area contributed by atoms with Gasteiger partial charge in [0.25, 0.3) is 5.91 Å². The van der Waals surface area contributed by atoms with Gasteiger partial charge in [-0.1, -0.05) is 48.0 Å². The van der Waals surface area contributed by atoms with Crippen LogP contribution in [-0.4, -0.2) is 31.4 Å². The number of nitrogens with one attached hydrogen (secondary N) is 1. The largest absolute Gasteiger partial charge is 0.381 e. The van der Waals surface area contributed by atoms with E-state index in [1.165, 1.54) is 0 Å². The zero-order chi connectivity index (χ0) is 17.6. The first-order chi connectivity index (χ1) is 12.1. The van der Waals surface area contributed by atoms with Crippen molar-refractivity contribution in [1.82, 2.24) is 5.32 Å². The fourth-order valence-electron chi connectivity index (χ4n) is 3.04. The Hall–Kier alpha value is -2.46. The van der Waals surface area contributed by atoms with Crippen molar-refractivity contribution in [1.29, 1.82) is 0 Å². The van der Waals surface area contributed by atoms with Gasteiger partial charge >= 0.3 is 0 Å². The monoisotopic (exact) mass is 337 g/mol. The van der Waals surface area contributed by atoms with Gasteiger partial charge in [-0.15, -0.1) is 0 Å². The molecule has 1 fully saturated rings. The van der Waals surface area contributed by atoms with Crippen LogP contribution in [0.5, 0.6) is 0 Å². The van der Waals surface area contributed by atoms with Crippen molar-refractivity contribution >= 4 is 11.7 Å². The van der Waals surface area contributed by atoms with Crippen LogP contribution in [0.2, 0.25) is 0 Å². The van der Waals surface area contributed by atoms with Crippen molar-refractivity contribution in [2.24, 2.45) is 5.92 Å². The summed E-state index contributed by atoms with van der Waals surface area (Å²) in [5.41, 5.74) is 2.54. The molecule has 0 aliphatic carbocycles. The third-order valence-corrected chi connectivity index (χ3v) is 4.54. The van der Waals surface area contributed by atoms with E-state index in [1.54, 1.807) is 36.4 Å². The molecule has 25 heavy (non-hydrogen) atoms. The van der Waals surface area contributed by atoms with Crippen molar-refractivity contribution in [3.05, 3.63) is 70.8 Å². The van der Waals surface area contributed by atoms with E-state index in [2.05, 4.69) is 5.32 Å². The van der Waals surface area contributed by atoms with E-state index in [1.807, 2.05) is 19.1 Å². The molecule has 1 amide bonds. The Morgan fingerprint density at radius 2 is 1.80 bits per heavy atom. The maximum absolute atomic E-state index is 12.8. The summed E-state index contributed by atoms with van der Waals surface area (Å²) in [5.74, 6) is 0.00560. The van der Waals surface area contributed by atoms with E-state index in [0.717, 1.165) is 25.0 Å². The van der Waals surface area contributed by atoms with Crippen LogP contribution in [0.3, 0.4) is 0 Å². The molecule has 1 heterocycles. The first-order valence-corrected chi connectivity index (χ1v) is 8.71. The van der Waals surface area contributed by atoms with Crippen LogP contribution < -0.4 is 5.32 Å². The van der Waals surface area contributed by atoms with Gasteiger partial charge in [-0.25, -0.2) is 0 Å². The summed E-state index contributed by atoms with van der Waals surface area (Å²) in [6.07, 6.45) is 2.09. The highest BCUT2D eigenvalue weighted by Crippen LogP contribution is 2.17. The van der Waals surface area contributed by atoms with Gasteiger partial charge < -0.3 is 10.1 Å². The van der Waals surface area contributed by atoms with E-state index in [9.17, 15) is 9.59 Å². The van der Waals surface area contributed by atoms with Gasteiger partial charge in [-0.3, -0.25) is 9.59 Å². The smallest absolute Gasteiger partial charge is 0.252 e. The Bertz CT molecular complexity index is 746. The Morgan fingerprint density at radius 1 is 1.08 bits per heavy atom. The molecule has 1 atom stereocenters. The lowest BCUT2D eigenvalue weighted by molar-refractivity contribution is 0.0536. The minimum atomic E-state index is -0.207. The molecule has 0 spiro atoms. The van der Waals surface area contributed by atoms with Crippen LogP contribution in [0.15, 0.2) is 48.5 Å². The van der Waals surface area contributed by atoms with Crippen molar-refractivity contribution < 1.29 is 14.3 Å². The Morgan fingerprint density at radius 3 is 2.48 bits per heavy atom. The van der Waals surface area contributed by atoms with Crippen molar-refractivity contribution in [2.45, 2.75) is 19.8 Å². The molecule has 4 nitrogen and oxygen atoms in total. The highest BCUT2D eigenvalue weighted by Gasteiger charge is 2.20. The van der Waals surface area contributed by atoms with Gasteiger partial charge in [0.15, 0.2) is 5.78 Å². The molecule has 4 heteroatoms. The number of benzene rings is 2. The van der Waals surface area contributed by atoms with Gasteiger partial charge in [0.2, 0.25) is 0 Å². The first kappa shape index (κ1) is 17.4. The number of carbonyl (C=O) groups is 2. The number of hydrogen-bond donors (Lipinski definition) is 1. The molecule has 0 aromatic heterocycles. The summed E-state index contributed by atoms with van der Waals surface area (Å²) in [5, 5.41) is 2.95. The molecule has 3 rings (SSSR count). The summed E-state index contributed by atoms with van der Waals surface area (Å²) in [6.45, 7) is 4.04. The molecule has 1 N–H and O–H groups in total. The molecule has 1 saturated heterocycles. The van der Waals surface area contributed by atoms with Gasteiger partial charge in [0.1, 0.15) is 0 Å². The molecule has 1 unspecified atom stereocenters. The lowest BCUT2D eigenvalue weighted by Crippen LogP contribution is -2.34. The van der Waals surface area contributed by atoms with Crippen molar-refractivity contribution in [3.8, 4) is 0 Å². The summed E-state index contributed by atoms with van der Waals surface area (Å²) in [6, 6.07) is 14.4. The highest BCUT2D eigenvalue weighted by atomic mass is 16.5. The Balaban J connectivity index is 1.74. The topological polar surface area (TPSA) is 55.4 Å². The average molecular weight is 337 g/mol. The maximum Gasteiger partial charge on any atom is 0.252 e. The first-order valence-electron chi connectivity index (χ1n) is 8.71. The molecular formula is C21H23NO3. The van der Waals surface area contributed by atoms with E-state index in [0.29, 0.717) is 35.8 Å². The molecule has 1 aliphatic heterocycles. The minimum absolute atomic E-state index is 0.133. The number of ketones is 1. The zero-order valence-corrected chi connectivity index (χ0v) is 14.5. The van der Waals surface area contributed by atoms with Crippen LogP contribution in [-0.2, 0) is 4.74 Å². The quantitative estimate of drug-likeness (QED) is 0.851. The molecule has 0 radical (unpaired) electrons. The third kappa shape index (κ3) is 4.34. The average Bonchev–Trinajstić information content (AvgIpc) is 2.67. The zero-order valence-electron chi connectivity index (χ0n) is 14.5. The lowest BCUT2D eigenvalue weighted by atomic mass is 9.97. The predicted molar refractivity (Wildman–Crippen MR) is 96.9 cm³/mol. The van der Waals surface area contributed by atoms with Crippen LogP contribution in [0, 0.1) is 12.8 Å². The Labute approximate surface area is 148 Å². The van der Waals surface area contributed by atoms with Gasteiger partial charge in [-0.05, 0) is 31.7 Å². The van der Waals surface area contributed by atoms with Crippen LogP contribution in [0.4, 0.5) is 0 Å². The number of hydrogen-bond acceptors (Lipinski definition) is 3. The molecule has 2 aromatic rings. The second-order valence-electron chi connectivity index (χ2n) is 6.53. The van der Waals surface area contributed by atoms with E-state index in [4.69, 9.17) is 4.74 Å². The van der Waals surface area contributed by atoms with Crippen LogP contribution in [0.25, 0.3) is 0 Å². The van der Waals surface area contributed by atoms with Gasteiger partial charge in [0.05, 0.1) is 12.2 Å². The standard InChI is InChI=1S/C21H23NO3/c1-15-8-10-17(11-9-15)20(23)18-6-2-3-7-19(18)21(24)22-13-16-5-4-12-25-14-16/h2-3,6-11,16H,4-5,12-14H2,1H3,(H,22,24). The van der Waals surface area contributed by atoms with Gasteiger partial charge in [-0.2, -0.15) is 0 Å². The van der Waals surface area contributed by atoms with Crippen molar-refractivity contribution in [2.75, 3.05) is 19.8 Å². The molecule has 0 bridgehead atoms. The summed E-state index contributed by atoms with van der Waals surface area (Å²) in [4.78, 5) is 25.4. The summed E-state index contributed by atoms with van der Waals surface area (Å²) >= 11 is 0. The van der Waals surface area contributed by atoms with E-state index < -0.39 is 0 Å². The number of aryl methyl sites for hydroxylation is 1. The minimum Gasteiger partial charge on any atom is -0.381 e. The summed E-state index contributed by atoms with van der Waals surface area (Å²) in [7, 11) is 0. The van der Waals surface area contributed by atoms with E-state index >= 15 is 0 Å². The fraction of sp³-hybridized carbons (Fsp3) is 0.333. The van der Waals surface area contributed by atoms with Crippen LogP contribution >= 0.6 is 0 Å². The number of carbonyl (C=O) groups excluding carboxylic acids is 2. The molecular weight excluding hydrogens is 314 g/mol. The second-order valence-corrected chi connectivity index (χ2v) is 6.53. The second kappa shape index (κ2) is 8.08. The maximum atomic E-state index is 12.8. The highest BCUT2D eigenvalue weighted by molar-refractivity contribution is 6.15. The normalized spacial score (nSPS) is 17.1. The summed E-state index contributed by atoms with van der Waals surface area (Å²) < 4.78 is 5.44. The molecule has 0 saturated carbocycles. The van der Waals surface area contributed by atoms with Crippen LogP contribution in [0.1, 0.15) is 44.7 Å². The molecule has 1 aliphatic rings. The fourth-order valence-corrected chi connectivity index (χ4v) is 3.04. The number of rotatable bonds is 5. The van der Waals surface area contributed by atoms with Gasteiger partial charge in [0, 0.05) is 24.3 Å². The SMILES string of the molecule is Cc1ccc(C(=O)c2ccccc2C(=O)NCC2CCCOC2)cc1. The predicted octanol–water partition coefficient (Wildman–Crippen LogP) is 3.38. The molecule has 130 valence electrons. The molecule has 2 aromatic carbocycles. The number of ether oxygens (including phenoxy) is 1. The third-order valence-electron chi connectivity index (χ3n) is 4.54. The van der Waals surface area contributed by atoms with E-state index in [-0.39, 0.29) is 11.7 Å². The van der Waals surface area contributed by atoms with Crippen molar-refractivity contribution in [3.63, 3.8) is 0 Å². The number of amides is 1.